The molecule has 2 N–H and O–H groups in total. The molecule has 1 rings (SSSR count). The monoisotopic (exact) mass is 255 g/mol. The van der Waals surface area contributed by atoms with Crippen LogP contribution in [0.25, 0.3) is 0 Å². The summed E-state index contributed by atoms with van der Waals surface area (Å²) in [5.41, 5.74) is 0.389. The van der Waals surface area contributed by atoms with Crippen molar-refractivity contribution in [2.45, 2.75) is 78.3 Å². The Hall–Kier alpha value is -0.570. The van der Waals surface area contributed by atoms with Gasteiger partial charge in [-0.1, -0.05) is 34.1 Å². The van der Waals surface area contributed by atoms with Gasteiger partial charge in [-0.15, -0.1) is 0 Å². The van der Waals surface area contributed by atoms with Gasteiger partial charge in [0.1, 0.15) is 6.04 Å². The smallest absolute Gasteiger partial charge is 0.320 e. The van der Waals surface area contributed by atoms with Crippen LogP contribution in [-0.4, -0.2) is 23.2 Å². The van der Waals surface area contributed by atoms with Crippen molar-refractivity contribution in [2.75, 3.05) is 0 Å². The molecule has 0 saturated heterocycles. The third-order valence-corrected chi connectivity index (χ3v) is 4.26. The van der Waals surface area contributed by atoms with Crippen molar-refractivity contribution < 1.29 is 9.90 Å². The highest BCUT2D eigenvalue weighted by molar-refractivity contribution is 5.73. The van der Waals surface area contributed by atoms with Gasteiger partial charge in [-0.3, -0.25) is 4.79 Å². The maximum Gasteiger partial charge on any atom is 0.320 e. The Bertz CT molecular complexity index is 262. The summed E-state index contributed by atoms with van der Waals surface area (Å²) in [7, 11) is 0. The number of carboxylic acids is 1. The zero-order chi connectivity index (χ0) is 13.8. The fourth-order valence-electron chi connectivity index (χ4n) is 2.98. The van der Waals surface area contributed by atoms with Gasteiger partial charge in [-0.25, -0.2) is 0 Å². The lowest BCUT2D eigenvalue weighted by Crippen LogP contribution is -2.45. The molecule has 0 amide bonds. The largest absolute Gasteiger partial charge is 0.480 e. The molecule has 0 aromatic rings. The van der Waals surface area contributed by atoms with Crippen LogP contribution in [0, 0.1) is 11.3 Å². The summed E-state index contributed by atoms with van der Waals surface area (Å²) < 4.78 is 0. The average Bonchev–Trinajstić information content (AvgIpc) is 2.28. The van der Waals surface area contributed by atoms with Crippen LogP contribution in [0.5, 0.6) is 0 Å². The maximum absolute atomic E-state index is 11.1. The second-order valence-corrected chi connectivity index (χ2v) is 6.76. The number of aliphatic carboxylic acids is 1. The van der Waals surface area contributed by atoms with Crippen LogP contribution in [-0.2, 0) is 4.79 Å². The molecule has 18 heavy (non-hydrogen) atoms. The van der Waals surface area contributed by atoms with Gasteiger partial charge < -0.3 is 10.4 Å². The Kier molecular flexibility index (Phi) is 5.64. The predicted octanol–water partition coefficient (Wildman–Crippen LogP) is 3.43. The molecule has 1 aliphatic carbocycles. The van der Waals surface area contributed by atoms with E-state index in [-0.39, 0.29) is 6.04 Å². The van der Waals surface area contributed by atoms with E-state index >= 15 is 0 Å². The summed E-state index contributed by atoms with van der Waals surface area (Å²) >= 11 is 0. The number of hydrogen-bond acceptors (Lipinski definition) is 2. The molecule has 1 atom stereocenters. The van der Waals surface area contributed by atoms with Crippen molar-refractivity contribution in [3.05, 3.63) is 0 Å². The first kappa shape index (κ1) is 15.5. The fraction of sp³-hybridized carbons (Fsp3) is 0.933. The Labute approximate surface area is 111 Å². The number of hydrogen-bond donors (Lipinski definition) is 2. The second-order valence-electron chi connectivity index (χ2n) is 6.76. The van der Waals surface area contributed by atoms with Crippen molar-refractivity contribution in [1.29, 1.82) is 0 Å². The predicted molar refractivity (Wildman–Crippen MR) is 74.7 cm³/mol. The zero-order valence-electron chi connectivity index (χ0n) is 12.3. The molecule has 1 unspecified atom stereocenters. The van der Waals surface area contributed by atoms with Crippen molar-refractivity contribution >= 4 is 5.97 Å². The number of carboxylic acid groups (broad SMARTS) is 1. The Morgan fingerprint density at radius 1 is 1.28 bits per heavy atom. The van der Waals surface area contributed by atoms with Gasteiger partial charge in [0.25, 0.3) is 0 Å². The second kappa shape index (κ2) is 6.55. The van der Waals surface area contributed by atoms with Gasteiger partial charge in [-0.2, -0.15) is 0 Å². The highest BCUT2D eigenvalue weighted by Gasteiger charge is 2.31. The highest BCUT2D eigenvalue weighted by atomic mass is 16.4. The van der Waals surface area contributed by atoms with Crippen molar-refractivity contribution in [2.24, 2.45) is 11.3 Å². The summed E-state index contributed by atoms with van der Waals surface area (Å²) in [6, 6.07) is 0.0439. The summed E-state index contributed by atoms with van der Waals surface area (Å²) in [6.45, 7) is 8.96. The molecule has 106 valence electrons. The molecule has 1 aliphatic rings. The maximum atomic E-state index is 11.1. The summed E-state index contributed by atoms with van der Waals surface area (Å²) in [6.07, 6.45) is 6.33. The first-order valence-electron chi connectivity index (χ1n) is 7.33. The molecule has 0 radical (unpaired) electrons. The molecule has 3 nitrogen and oxygen atoms in total. The van der Waals surface area contributed by atoms with Crippen LogP contribution in [0.4, 0.5) is 0 Å². The fourth-order valence-corrected chi connectivity index (χ4v) is 2.98. The van der Waals surface area contributed by atoms with Crippen LogP contribution in [0.2, 0.25) is 0 Å². The third-order valence-electron chi connectivity index (χ3n) is 4.26. The number of nitrogens with one attached hydrogen (secondary N) is 1. The number of rotatable bonds is 5. The summed E-state index contributed by atoms with van der Waals surface area (Å²) in [5.74, 6) is 0.0831. The molecule has 3 heteroatoms. The van der Waals surface area contributed by atoms with E-state index in [1.807, 2.05) is 6.92 Å². The summed E-state index contributed by atoms with van der Waals surface area (Å²) in [5, 5.41) is 12.5. The Morgan fingerprint density at radius 2 is 1.83 bits per heavy atom. The van der Waals surface area contributed by atoms with Crippen molar-refractivity contribution in [3.63, 3.8) is 0 Å². The lowest BCUT2D eigenvalue weighted by molar-refractivity contribution is -0.140. The van der Waals surface area contributed by atoms with Gasteiger partial charge in [0.05, 0.1) is 0 Å². The molecule has 0 spiro atoms. The Balaban J connectivity index is 2.41. The minimum absolute atomic E-state index is 0.355. The zero-order valence-corrected chi connectivity index (χ0v) is 12.3. The van der Waals surface area contributed by atoms with E-state index in [9.17, 15) is 4.79 Å². The number of carbonyl (C=O) groups is 1. The van der Waals surface area contributed by atoms with Gasteiger partial charge >= 0.3 is 5.97 Å². The third kappa shape index (κ3) is 4.60. The first-order chi connectivity index (χ1) is 8.34. The van der Waals surface area contributed by atoms with E-state index in [0.717, 1.165) is 31.6 Å². The lowest BCUT2D eigenvalue weighted by atomic mass is 9.71. The molecule has 0 aliphatic heterocycles. The molecule has 1 fully saturated rings. The minimum atomic E-state index is -0.699. The first-order valence-corrected chi connectivity index (χ1v) is 7.33. The van der Waals surface area contributed by atoms with Crippen molar-refractivity contribution in [1.82, 2.24) is 5.32 Å². The van der Waals surface area contributed by atoms with E-state index < -0.39 is 5.97 Å². The van der Waals surface area contributed by atoms with Gasteiger partial charge in [0.15, 0.2) is 0 Å². The van der Waals surface area contributed by atoms with Gasteiger partial charge in [0, 0.05) is 6.04 Å². The standard InChI is InChI=1S/C15H29NO2/c1-5-6-13(14(17)18)16-12-9-7-11(8-10-12)15(2,3)4/h11-13,16H,5-10H2,1-4H3,(H,17,18). The Morgan fingerprint density at radius 3 is 2.22 bits per heavy atom. The van der Waals surface area contributed by atoms with E-state index in [2.05, 4.69) is 26.1 Å². The summed E-state index contributed by atoms with van der Waals surface area (Å²) in [4.78, 5) is 11.1. The van der Waals surface area contributed by atoms with Crippen LogP contribution < -0.4 is 5.32 Å². The normalized spacial score (nSPS) is 26.9. The molecule has 0 aromatic carbocycles. The molecule has 0 heterocycles. The van der Waals surface area contributed by atoms with Crippen LogP contribution >= 0.6 is 0 Å². The van der Waals surface area contributed by atoms with E-state index in [0.29, 0.717) is 11.5 Å². The molecular weight excluding hydrogens is 226 g/mol. The van der Waals surface area contributed by atoms with E-state index in [4.69, 9.17) is 5.11 Å². The van der Waals surface area contributed by atoms with E-state index in [1.165, 1.54) is 12.8 Å². The van der Waals surface area contributed by atoms with E-state index in [1.54, 1.807) is 0 Å². The van der Waals surface area contributed by atoms with Crippen molar-refractivity contribution in [3.8, 4) is 0 Å². The van der Waals surface area contributed by atoms with Crippen LogP contribution in [0.15, 0.2) is 0 Å². The topological polar surface area (TPSA) is 49.3 Å². The molecule has 0 bridgehead atoms. The van der Waals surface area contributed by atoms with Gasteiger partial charge in [-0.05, 0) is 43.4 Å². The van der Waals surface area contributed by atoms with Crippen LogP contribution in [0.1, 0.15) is 66.2 Å². The molecule has 0 aromatic heterocycles. The molecule has 1 saturated carbocycles. The van der Waals surface area contributed by atoms with Crippen LogP contribution in [0.3, 0.4) is 0 Å². The SMILES string of the molecule is CCCC(NC1CCC(C(C)(C)C)CC1)C(=O)O. The average molecular weight is 255 g/mol. The van der Waals surface area contributed by atoms with Gasteiger partial charge in [0.2, 0.25) is 0 Å². The quantitative estimate of drug-likeness (QED) is 0.791. The molecular formula is C15H29NO2. The lowest BCUT2D eigenvalue weighted by Gasteiger charge is -2.38. The minimum Gasteiger partial charge on any atom is -0.480 e. The highest BCUT2D eigenvalue weighted by Crippen LogP contribution is 2.37.